The lowest BCUT2D eigenvalue weighted by Gasteiger charge is -2.19. The Kier molecular flexibility index (Phi) is 3.41. The Bertz CT molecular complexity index is 419. The van der Waals surface area contributed by atoms with Crippen molar-refractivity contribution in [3.8, 4) is 11.5 Å². The van der Waals surface area contributed by atoms with Gasteiger partial charge in [0.25, 0.3) is 0 Å². The minimum Gasteiger partial charge on any atom is -0.486 e. The maximum absolute atomic E-state index is 5.60. The predicted octanol–water partition coefficient (Wildman–Crippen LogP) is 2.74. The van der Waals surface area contributed by atoms with E-state index in [2.05, 4.69) is 24.4 Å². The molecule has 0 aromatic heterocycles. The van der Waals surface area contributed by atoms with Crippen LogP contribution >= 0.6 is 0 Å². The van der Waals surface area contributed by atoms with Gasteiger partial charge < -0.3 is 14.8 Å². The van der Waals surface area contributed by atoms with E-state index in [0.717, 1.165) is 24.0 Å². The summed E-state index contributed by atoms with van der Waals surface area (Å²) in [5.41, 5.74) is 1.28. The third-order valence-corrected chi connectivity index (χ3v) is 3.90. The highest BCUT2D eigenvalue weighted by atomic mass is 16.6. The van der Waals surface area contributed by atoms with Crippen LogP contribution < -0.4 is 14.8 Å². The van der Waals surface area contributed by atoms with E-state index in [1.807, 2.05) is 6.07 Å². The van der Waals surface area contributed by atoms with Crippen molar-refractivity contribution in [1.82, 2.24) is 5.32 Å². The zero-order valence-electron chi connectivity index (χ0n) is 10.9. The molecule has 1 aliphatic carbocycles. The first-order valence-corrected chi connectivity index (χ1v) is 6.93. The molecule has 1 heterocycles. The van der Waals surface area contributed by atoms with Gasteiger partial charge in [0.2, 0.25) is 0 Å². The molecule has 2 atom stereocenters. The van der Waals surface area contributed by atoms with E-state index in [-0.39, 0.29) is 0 Å². The summed E-state index contributed by atoms with van der Waals surface area (Å²) in [4.78, 5) is 0. The van der Waals surface area contributed by atoms with Crippen molar-refractivity contribution in [1.29, 1.82) is 0 Å². The zero-order chi connectivity index (χ0) is 12.4. The van der Waals surface area contributed by atoms with Gasteiger partial charge in [0.1, 0.15) is 13.2 Å². The first-order chi connectivity index (χ1) is 8.81. The van der Waals surface area contributed by atoms with Gasteiger partial charge in [-0.05, 0) is 42.9 Å². The van der Waals surface area contributed by atoms with Crippen molar-refractivity contribution in [3.05, 3.63) is 23.8 Å². The monoisotopic (exact) mass is 247 g/mol. The van der Waals surface area contributed by atoms with Crippen LogP contribution in [0.2, 0.25) is 0 Å². The van der Waals surface area contributed by atoms with Crippen LogP contribution in [0.25, 0.3) is 0 Å². The number of rotatable bonds is 3. The molecule has 1 aromatic carbocycles. The molecule has 3 heteroatoms. The molecule has 1 fully saturated rings. The summed E-state index contributed by atoms with van der Waals surface area (Å²) < 4.78 is 11.1. The van der Waals surface area contributed by atoms with Gasteiger partial charge >= 0.3 is 0 Å². The minimum atomic E-state index is 0.657. The molecule has 0 bridgehead atoms. The van der Waals surface area contributed by atoms with E-state index in [0.29, 0.717) is 19.3 Å². The maximum Gasteiger partial charge on any atom is 0.161 e. The van der Waals surface area contributed by atoms with E-state index < -0.39 is 0 Å². The summed E-state index contributed by atoms with van der Waals surface area (Å²) >= 11 is 0. The van der Waals surface area contributed by atoms with Gasteiger partial charge in [0, 0.05) is 12.6 Å². The summed E-state index contributed by atoms with van der Waals surface area (Å²) in [7, 11) is 0. The molecule has 1 N–H and O–H groups in total. The Morgan fingerprint density at radius 1 is 1.17 bits per heavy atom. The molecule has 1 aromatic rings. The fraction of sp³-hybridized carbons (Fsp3) is 0.600. The molecular weight excluding hydrogens is 226 g/mol. The summed E-state index contributed by atoms with van der Waals surface area (Å²) in [5.74, 6) is 2.64. The van der Waals surface area contributed by atoms with Gasteiger partial charge in [-0.1, -0.05) is 13.0 Å². The second-order valence-corrected chi connectivity index (χ2v) is 5.47. The van der Waals surface area contributed by atoms with E-state index in [9.17, 15) is 0 Å². The van der Waals surface area contributed by atoms with E-state index in [1.54, 1.807) is 0 Å². The van der Waals surface area contributed by atoms with Crippen LogP contribution in [0, 0.1) is 5.92 Å². The number of ether oxygens (including phenoxy) is 2. The van der Waals surface area contributed by atoms with Crippen molar-refractivity contribution in [2.75, 3.05) is 13.2 Å². The highest BCUT2D eigenvalue weighted by Gasteiger charge is 2.20. The lowest BCUT2D eigenvalue weighted by molar-refractivity contribution is 0.171. The van der Waals surface area contributed by atoms with Crippen molar-refractivity contribution < 1.29 is 9.47 Å². The van der Waals surface area contributed by atoms with Crippen molar-refractivity contribution >= 4 is 0 Å². The average Bonchev–Trinajstić information content (AvgIpc) is 2.82. The van der Waals surface area contributed by atoms with Gasteiger partial charge in [0.15, 0.2) is 11.5 Å². The molecule has 98 valence electrons. The Morgan fingerprint density at radius 3 is 2.78 bits per heavy atom. The third-order valence-electron chi connectivity index (χ3n) is 3.90. The predicted molar refractivity (Wildman–Crippen MR) is 71.1 cm³/mol. The van der Waals surface area contributed by atoms with Crippen LogP contribution in [0.1, 0.15) is 31.7 Å². The summed E-state index contributed by atoms with van der Waals surface area (Å²) in [5, 5.41) is 3.64. The molecule has 3 rings (SSSR count). The minimum absolute atomic E-state index is 0.657. The molecule has 0 amide bonds. The Balaban J connectivity index is 1.59. The van der Waals surface area contributed by atoms with Crippen molar-refractivity contribution in [2.24, 2.45) is 5.92 Å². The molecule has 2 aliphatic rings. The third kappa shape index (κ3) is 2.61. The van der Waals surface area contributed by atoms with Crippen LogP contribution in [0.4, 0.5) is 0 Å². The smallest absolute Gasteiger partial charge is 0.161 e. The lowest BCUT2D eigenvalue weighted by Crippen LogP contribution is -2.25. The Labute approximate surface area is 108 Å². The van der Waals surface area contributed by atoms with Crippen LogP contribution in [0.3, 0.4) is 0 Å². The Hall–Kier alpha value is -1.22. The number of benzene rings is 1. The van der Waals surface area contributed by atoms with Crippen LogP contribution in [-0.2, 0) is 6.54 Å². The average molecular weight is 247 g/mol. The van der Waals surface area contributed by atoms with Crippen LogP contribution in [0.5, 0.6) is 11.5 Å². The fourth-order valence-corrected chi connectivity index (χ4v) is 2.85. The first-order valence-electron chi connectivity index (χ1n) is 6.93. The number of fused-ring (bicyclic) bond motifs is 1. The zero-order valence-corrected chi connectivity index (χ0v) is 10.9. The number of hydrogen-bond acceptors (Lipinski definition) is 3. The van der Waals surface area contributed by atoms with Crippen molar-refractivity contribution in [3.63, 3.8) is 0 Å². The maximum atomic E-state index is 5.60. The topological polar surface area (TPSA) is 30.5 Å². The second kappa shape index (κ2) is 5.19. The number of nitrogens with one attached hydrogen (secondary N) is 1. The Morgan fingerprint density at radius 2 is 2.00 bits per heavy atom. The number of hydrogen-bond donors (Lipinski definition) is 1. The van der Waals surface area contributed by atoms with Crippen LogP contribution in [0.15, 0.2) is 18.2 Å². The first kappa shape index (κ1) is 11.8. The summed E-state index contributed by atoms with van der Waals surface area (Å²) in [6.07, 6.45) is 3.98. The highest BCUT2D eigenvalue weighted by molar-refractivity contribution is 5.43. The molecule has 1 aliphatic heterocycles. The largest absolute Gasteiger partial charge is 0.486 e. The van der Waals surface area contributed by atoms with E-state index in [1.165, 1.54) is 24.8 Å². The highest BCUT2D eigenvalue weighted by Crippen LogP contribution is 2.31. The quantitative estimate of drug-likeness (QED) is 0.891. The molecule has 18 heavy (non-hydrogen) atoms. The van der Waals surface area contributed by atoms with Crippen molar-refractivity contribution in [2.45, 2.75) is 38.8 Å². The fourth-order valence-electron chi connectivity index (χ4n) is 2.85. The summed E-state index contributed by atoms with van der Waals surface area (Å²) in [6, 6.07) is 6.93. The van der Waals surface area contributed by atoms with Gasteiger partial charge in [-0.15, -0.1) is 0 Å². The van der Waals surface area contributed by atoms with Crippen LogP contribution in [-0.4, -0.2) is 19.3 Å². The summed E-state index contributed by atoms with van der Waals surface area (Å²) in [6.45, 7) is 4.58. The van der Waals surface area contributed by atoms with E-state index in [4.69, 9.17) is 9.47 Å². The molecule has 3 nitrogen and oxygen atoms in total. The van der Waals surface area contributed by atoms with E-state index >= 15 is 0 Å². The SMILES string of the molecule is CC1CCC(NCc2ccc3c(c2)OCCO3)C1. The molecule has 2 unspecified atom stereocenters. The lowest BCUT2D eigenvalue weighted by atomic mass is 10.1. The molecule has 0 spiro atoms. The molecule has 0 saturated heterocycles. The van der Waals surface area contributed by atoms with Gasteiger partial charge in [-0.2, -0.15) is 0 Å². The van der Waals surface area contributed by atoms with Gasteiger partial charge in [-0.3, -0.25) is 0 Å². The molecule has 0 radical (unpaired) electrons. The normalized spacial score (nSPS) is 26.3. The molecule has 1 saturated carbocycles. The van der Waals surface area contributed by atoms with Gasteiger partial charge in [-0.25, -0.2) is 0 Å². The second-order valence-electron chi connectivity index (χ2n) is 5.47. The molecular formula is C15H21NO2. The van der Waals surface area contributed by atoms with Gasteiger partial charge in [0.05, 0.1) is 0 Å². The standard InChI is InChI=1S/C15H21NO2/c1-11-2-4-13(8-11)16-10-12-3-5-14-15(9-12)18-7-6-17-14/h3,5,9,11,13,16H,2,4,6-8,10H2,1H3.